The number of furan rings is 1. The highest BCUT2D eigenvalue weighted by molar-refractivity contribution is 6.01. The number of carbonyl (C=O) groups excluding carboxylic acids is 1. The summed E-state index contributed by atoms with van der Waals surface area (Å²) in [5, 5.41) is 7.58. The Morgan fingerprint density at radius 1 is 1.33 bits per heavy atom. The number of rotatable bonds is 5. The summed E-state index contributed by atoms with van der Waals surface area (Å²) in [6.07, 6.45) is -0.208. The summed E-state index contributed by atoms with van der Waals surface area (Å²) in [6.45, 7) is -0.505. The second kappa shape index (κ2) is 5.74. The summed E-state index contributed by atoms with van der Waals surface area (Å²) in [4.78, 5) is 12.4. The first-order valence-corrected chi connectivity index (χ1v) is 7.71. The SMILES string of the molecule is O=C(Nc1nn(CC(F)F)c2ccccc12)[C@@H]1C[C@H]1c1ccco1. The highest BCUT2D eigenvalue weighted by atomic mass is 19.3. The van der Waals surface area contributed by atoms with Gasteiger partial charge >= 0.3 is 0 Å². The Hall–Kier alpha value is -2.70. The molecule has 1 aromatic carbocycles. The first-order valence-electron chi connectivity index (χ1n) is 7.71. The highest BCUT2D eigenvalue weighted by Crippen LogP contribution is 2.48. The molecule has 0 aliphatic heterocycles. The van der Waals surface area contributed by atoms with Crippen LogP contribution in [0.1, 0.15) is 18.1 Å². The van der Waals surface area contributed by atoms with Gasteiger partial charge in [-0.1, -0.05) is 12.1 Å². The predicted octanol–water partition coefficient (Wildman–Crippen LogP) is 3.64. The van der Waals surface area contributed by atoms with Gasteiger partial charge in [-0.3, -0.25) is 9.48 Å². The maximum absolute atomic E-state index is 12.7. The van der Waals surface area contributed by atoms with E-state index in [0.29, 0.717) is 16.7 Å². The van der Waals surface area contributed by atoms with Crippen molar-refractivity contribution in [3.63, 3.8) is 0 Å². The standard InChI is InChI=1S/C17H15F2N3O2/c18-15(19)9-22-13-5-2-1-4-10(13)16(21-22)20-17(23)12-8-11(12)14-6-3-7-24-14/h1-7,11-12,15H,8-9H2,(H,20,21,23)/t11-,12-/m1/s1. The van der Waals surface area contributed by atoms with Crippen molar-refractivity contribution in [2.45, 2.75) is 25.3 Å². The molecule has 2 heterocycles. The van der Waals surface area contributed by atoms with Crippen molar-refractivity contribution in [3.8, 4) is 0 Å². The number of nitrogens with zero attached hydrogens (tertiary/aromatic N) is 2. The van der Waals surface area contributed by atoms with Gasteiger partial charge in [-0.25, -0.2) is 8.78 Å². The van der Waals surface area contributed by atoms with Gasteiger partial charge in [-0.2, -0.15) is 5.10 Å². The number of nitrogens with one attached hydrogen (secondary N) is 1. The molecule has 0 spiro atoms. The van der Waals surface area contributed by atoms with Crippen LogP contribution in [0, 0.1) is 5.92 Å². The molecule has 0 unspecified atom stereocenters. The molecule has 1 amide bonds. The third-order valence-electron chi connectivity index (χ3n) is 4.25. The van der Waals surface area contributed by atoms with Crippen LogP contribution in [0.25, 0.3) is 10.9 Å². The molecule has 2 aromatic heterocycles. The number of hydrogen-bond acceptors (Lipinski definition) is 3. The maximum Gasteiger partial charge on any atom is 0.257 e. The van der Waals surface area contributed by atoms with E-state index in [-0.39, 0.29) is 17.7 Å². The number of anilines is 1. The molecule has 24 heavy (non-hydrogen) atoms. The van der Waals surface area contributed by atoms with E-state index in [1.807, 2.05) is 6.07 Å². The highest BCUT2D eigenvalue weighted by Gasteiger charge is 2.46. The van der Waals surface area contributed by atoms with Crippen molar-refractivity contribution in [2.75, 3.05) is 5.32 Å². The van der Waals surface area contributed by atoms with Crippen LogP contribution >= 0.6 is 0 Å². The van der Waals surface area contributed by atoms with E-state index in [4.69, 9.17) is 4.42 Å². The van der Waals surface area contributed by atoms with Crippen molar-refractivity contribution in [1.82, 2.24) is 9.78 Å². The third-order valence-corrected chi connectivity index (χ3v) is 4.25. The van der Waals surface area contributed by atoms with Gasteiger partial charge in [-0.05, 0) is 30.7 Å². The number of hydrogen-bond donors (Lipinski definition) is 1. The Kier molecular flexibility index (Phi) is 3.55. The van der Waals surface area contributed by atoms with Gasteiger partial charge in [0.15, 0.2) is 5.82 Å². The second-order valence-corrected chi connectivity index (χ2v) is 5.89. The van der Waals surface area contributed by atoms with E-state index in [1.54, 1.807) is 36.6 Å². The van der Waals surface area contributed by atoms with Crippen LogP contribution in [-0.2, 0) is 11.3 Å². The zero-order valence-corrected chi connectivity index (χ0v) is 12.7. The Morgan fingerprint density at radius 2 is 2.17 bits per heavy atom. The number of aromatic nitrogens is 2. The van der Waals surface area contributed by atoms with Crippen molar-refractivity contribution in [2.24, 2.45) is 5.92 Å². The van der Waals surface area contributed by atoms with Crippen LogP contribution in [0.15, 0.2) is 47.1 Å². The van der Waals surface area contributed by atoms with Crippen molar-refractivity contribution >= 4 is 22.6 Å². The van der Waals surface area contributed by atoms with Crippen LogP contribution < -0.4 is 5.32 Å². The third kappa shape index (κ3) is 2.66. The quantitative estimate of drug-likeness (QED) is 0.776. The summed E-state index contributed by atoms with van der Waals surface area (Å²) >= 11 is 0. The largest absolute Gasteiger partial charge is 0.469 e. The van der Waals surface area contributed by atoms with Crippen LogP contribution in [0.4, 0.5) is 14.6 Å². The van der Waals surface area contributed by atoms with Crippen molar-refractivity contribution in [3.05, 3.63) is 48.4 Å². The molecule has 5 nitrogen and oxygen atoms in total. The molecule has 1 N–H and O–H groups in total. The van der Waals surface area contributed by atoms with E-state index in [9.17, 15) is 13.6 Å². The predicted molar refractivity (Wildman–Crippen MR) is 83.9 cm³/mol. The number of amides is 1. The lowest BCUT2D eigenvalue weighted by atomic mass is 10.2. The van der Waals surface area contributed by atoms with Gasteiger partial charge in [0.2, 0.25) is 5.91 Å². The molecule has 2 atom stereocenters. The lowest BCUT2D eigenvalue weighted by Gasteiger charge is -2.02. The zero-order chi connectivity index (χ0) is 16.7. The molecule has 124 valence electrons. The fourth-order valence-corrected chi connectivity index (χ4v) is 3.00. The van der Waals surface area contributed by atoms with E-state index in [0.717, 1.165) is 12.2 Å². The molecule has 1 aliphatic carbocycles. The van der Waals surface area contributed by atoms with E-state index in [1.165, 1.54) is 4.68 Å². The van der Waals surface area contributed by atoms with Gasteiger partial charge < -0.3 is 9.73 Å². The fraction of sp³-hybridized carbons (Fsp3) is 0.294. The minimum absolute atomic E-state index is 0.0782. The molecule has 0 saturated heterocycles. The molecule has 0 radical (unpaired) electrons. The maximum atomic E-state index is 12.7. The number of benzene rings is 1. The number of alkyl halides is 2. The summed E-state index contributed by atoms with van der Waals surface area (Å²) in [7, 11) is 0. The molecule has 7 heteroatoms. The molecule has 1 aliphatic rings. The summed E-state index contributed by atoms with van der Waals surface area (Å²) < 4.78 is 32.0. The number of carbonyl (C=O) groups is 1. The van der Waals surface area contributed by atoms with E-state index >= 15 is 0 Å². The smallest absolute Gasteiger partial charge is 0.257 e. The second-order valence-electron chi connectivity index (χ2n) is 5.89. The minimum Gasteiger partial charge on any atom is -0.469 e. The first kappa shape index (κ1) is 14.9. The van der Waals surface area contributed by atoms with Gasteiger partial charge in [-0.15, -0.1) is 0 Å². The zero-order valence-electron chi connectivity index (χ0n) is 12.7. The normalized spacial score (nSPS) is 19.8. The average Bonchev–Trinajstić information content (AvgIpc) is 3.03. The Labute approximate surface area is 136 Å². The monoisotopic (exact) mass is 331 g/mol. The molecule has 3 aromatic rings. The van der Waals surface area contributed by atoms with Gasteiger partial charge in [0.05, 0.1) is 11.8 Å². The molecule has 1 saturated carbocycles. The van der Waals surface area contributed by atoms with E-state index < -0.39 is 13.0 Å². The summed E-state index contributed by atoms with van der Waals surface area (Å²) in [5.74, 6) is 0.859. The minimum atomic E-state index is -2.51. The van der Waals surface area contributed by atoms with Gasteiger partial charge in [0.25, 0.3) is 6.43 Å². The lowest BCUT2D eigenvalue weighted by molar-refractivity contribution is -0.117. The molecular formula is C17H15F2N3O2. The molecule has 4 rings (SSSR count). The Balaban J connectivity index is 1.55. The Morgan fingerprint density at radius 3 is 2.92 bits per heavy atom. The average molecular weight is 331 g/mol. The number of halogens is 2. The van der Waals surface area contributed by atoms with Crippen LogP contribution in [0.5, 0.6) is 0 Å². The van der Waals surface area contributed by atoms with Crippen LogP contribution in [0.3, 0.4) is 0 Å². The summed E-state index contributed by atoms with van der Waals surface area (Å²) in [5.41, 5.74) is 0.575. The fourth-order valence-electron chi connectivity index (χ4n) is 3.00. The molecule has 0 bridgehead atoms. The first-order chi connectivity index (χ1) is 11.6. The Bertz CT molecular complexity index is 873. The molecule has 1 fully saturated rings. The van der Waals surface area contributed by atoms with Crippen molar-refractivity contribution < 1.29 is 18.0 Å². The summed E-state index contributed by atoms with van der Waals surface area (Å²) in [6, 6.07) is 10.7. The van der Waals surface area contributed by atoms with Crippen LogP contribution in [-0.4, -0.2) is 22.1 Å². The van der Waals surface area contributed by atoms with E-state index in [2.05, 4.69) is 10.4 Å². The lowest BCUT2D eigenvalue weighted by Crippen LogP contribution is -2.16. The van der Waals surface area contributed by atoms with Crippen molar-refractivity contribution in [1.29, 1.82) is 0 Å². The van der Waals surface area contributed by atoms with Gasteiger partial charge in [0, 0.05) is 17.2 Å². The van der Waals surface area contributed by atoms with Gasteiger partial charge in [0.1, 0.15) is 12.3 Å². The number of para-hydroxylation sites is 1. The molecular weight excluding hydrogens is 316 g/mol. The topological polar surface area (TPSA) is 60.1 Å². The number of fused-ring (bicyclic) bond motifs is 1. The van der Waals surface area contributed by atoms with Crippen LogP contribution in [0.2, 0.25) is 0 Å².